The van der Waals surface area contributed by atoms with Crippen molar-refractivity contribution in [3.05, 3.63) is 106 Å². The molecule has 0 saturated heterocycles. The van der Waals surface area contributed by atoms with Crippen LogP contribution in [0.5, 0.6) is 0 Å². The molecule has 2 aromatic heterocycles. The summed E-state index contributed by atoms with van der Waals surface area (Å²) in [6.45, 7) is 1.61. The van der Waals surface area contributed by atoms with Gasteiger partial charge in [0.2, 0.25) is 0 Å². The molecule has 2 atom stereocenters. The number of fused-ring (bicyclic) bond motifs is 5. The molecule has 0 fully saturated rings. The summed E-state index contributed by atoms with van der Waals surface area (Å²) < 4.78 is 1.67. The molecular weight excluding hydrogens is 372 g/mol. The number of anilines is 2. The molecule has 0 unspecified atom stereocenters. The molecule has 4 aromatic rings. The number of pyridine rings is 1. The smallest absolute Gasteiger partial charge is 0.265 e. The van der Waals surface area contributed by atoms with Crippen molar-refractivity contribution in [1.29, 1.82) is 0 Å². The molecule has 0 amide bonds. The second-order valence-corrected chi connectivity index (χ2v) is 8.19. The number of hydrogen-bond acceptors (Lipinski definition) is 4. The van der Waals surface area contributed by atoms with Crippen molar-refractivity contribution in [2.45, 2.75) is 19.0 Å². The molecule has 30 heavy (non-hydrogen) atoms. The van der Waals surface area contributed by atoms with E-state index in [1.165, 1.54) is 11.1 Å². The van der Waals surface area contributed by atoms with E-state index in [1.807, 2.05) is 36.5 Å². The topological polar surface area (TPSA) is 49.6 Å². The zero-order valence-corrected chi connectivity index (χ0v) is 16.5. The highest BCUT2D eigenvalue weighted by Gasteiger charge is 2.40. The van der Waals surface area contributed by atoms with Gasteiger partial charge >= 0.3 is 0 Å². The molecule has 6 rings (SSSR count). The lowest BCUT2D eigenvalue weighted by Gasteiger charge is -2.43. The Balaban J connectivity index is 1.53. The Morgan fingerprint density at radius 2 is 1.77 bits per heavy atom. The molecule has 0 bridgehead atoms. The molecular formula is C25H22N4O. The van der Waals surface area contributed by atoms with Gasteiger partial charge in [0.15, 0.2) is 0 Å². The molecule has 1 N–H and O–H groups in total. The standard InChI is InChI=1S/C25H22N4O/c30-25-22-23-19(14-18-10-4-5-11-20(18)26-23)16-28(15-17-8-2-1-3-9-17)24(22)27-21-12-6-7-13-29(21)25/h1-13,19,23,26H,14-16H2/t19-,23+/m1/s1. The van der Waals surface area contributed by atoms with Crippen molar-refractivity contribution in [3.8, 4) is 0 Å². The maximum absolute atomic E-state index is 13.6. The van der Waals surface area contributed by atoms with E-state index < -0.39 is 0 Å². The maximum Gasteiger partial charge on any atom is 0.265 e. The molecule has 2 aliphatic heterocycles. The van der Waals surface area contributed by atoms with E-state index >= 15 is 0 Å². The first kappa shape index (κ1) is 17.3. The van der Waals surface area contributed by atoms with Crippen LogP contribution >= 0.6 is 0 Å². The Hall–Kier alpha value is -3.60. The van der Waals surface area contributed by atoms with E-state index in [4.69, 9.17) is 4.98 Å². The van der Waals surface area contributed by atoms with Gasteiger partial charge in [-0.2, -0.15) is 0 Å². The predicted molar refractivity (Wildman–Crippen MR) is 119 cm³/mol. The van der Waals surface area contributed by atoms with Crippen LogP contribution in [0, 0.1) is 5.92 Å². The molecule has 0 saturated carbocycles. The van der Waals surface area contributed by atoms with Gasteiger partial charge in [-0.3, -0.25) is 9.20 Å². The summed E-state index contributed by atoms with van der Waals surface area (Å²) in [5.41, 5.74) is 5.15. The van der Waals surface area contributed by atoms with Gasteiger partial charge in [-0.25, -0.2) is 4.98 Å². The molecule has 2 aliphatic rings. The lowest BCUT2D eigenvalue weighted by atomic mass is 9.81. The Bertz CT molecular complexity index is 1300. The molecule has 0 aliphatic carbocycles. The van der Waals surface area contributed by atoms with Crippen LogP contribution in [-0.4, -0.2) is 15.9 Å². The van der Waals surface area contributed by atoms with Crippen molar-refractivity contribution in [3.63, 3.8) is 0 Å². The van der Waals surface area contributed by atoms with Gasteiger partial charge in [-0.05, 0) is 35.7 Å². The Kier molecular flexibility index (Phi) is 3.88. The Labute approximate surface area is 174 Å². The van der Waals surface area contributed by atoms with E-state index in [-0.39, 0.29) is 11.6 Å². The number of hydrogen-bond donors (Lipinski definition) is 1. The maximum atomic E-state index is 13.6. The summed E-state index contributed by atoms with van der Waals surface area (Å²) in [6, 6.07) is 24.5. The summed E-state index contributed by atoms with van der Waals surface area (Å²) in [4.78, 5) is 20.8. The van der Waals surface area contributed by atoms with E-state index in [0.29, 0.717) is 11.6 Å². The fourth-order valence-corrected chi connectivity index (χ4v) is 4.92. The molecule has 0 spiro atoms. The first-order valence-corrected chi connectivity index (χ1v) is 10.4. The number of benzene rings is 2. The van der Waals surface area contributed by atoms with E-state index in [2.05, 4.69) is 52.7 Å². The number of para-hydroxylation sites is 1. The number of nitrogens with one attached hydrogen (secondary N) is 1. The molecule has 148 valence electrons. The van der Waals surface area contributed by atoms with Crippen LogP contribution in [0.3, 0.4) is 0 Å². The average molecular weight is 394 g/mol. The number of aromatic nitrogens is 2. The van der Waals surface area contributed by atoms with Crippen molar-refractivity contribution in [2.75, 3.05) is 16.8 Å². The van der Waals surface area contributed by atoms with Crippen LogP contribution in [0.25, 0.3) is 5.65 Å². The summed E-state index contributed by atoms with van der Waals surface area (Å²) >= 11 is 0. The third-order valence-corrected chi connectivity index (χ3v) is 6.31. The minimum Gasteiger partial charge on any atom is -0.377 e. The highest BCUT2D eigenvalue weighted by molar-refractivity contribution is 5.63. The quantitative estimate of drug-likeness (QED) is 0.558. The van der Waals surface area contributed by atoms with Gasteiger partial charge in [0.05, 0.1) is 11.6 Å². The fourth-order valence-electron chi connectivity index (χ4n) is 4.92. The SMILES string of the molecule is O=c1c2c(nc3ccccn13)N(Cc1ccccc1)C[C@H]1Cc3ccccc3N[C@H]21. The first-order valence-electron chi connectivity index (χ1n) is 10.4. The minimum atomic E-state index is -0.0287. The Morgan fingerprint density at radius 3 is 2.67 bits per heavy atom. The third-order valence-electron chi connectivity index (χ3n) is 6.31. The van der Waals surface area contributed by atoms with Crippen LogP contribution < -0.4 is 15.8 Å². The Morgan fingerprint density at radius 1 is 0.967 bits per heavy atom. The van der Waals surface area contributed by atoms with Gasteiger partial charge in [-0.1, -0.05) is 54.6 Å². The normalized spacial score (nSPS) is 19.5. The average Bonchev–Trinajstić information content (AvgIpc) is 2.79. The summed E-state index contributed by atoms with van der Waals surface area (Å²) in [6.07, 6.45) is 2.77. The van der Waals surface area contributed by atoms with Gasteiger partial charge in [0.25, 0.3) is 5.56 Å². The number of rotatable bonds is 2. The summed E-state index contributed by atoms with van der Waals surface area (Å²) in [5, 5.41) is 3.67. The third kappa shape index (κ3) is 2.70. The zero-order chi connectivity index (χ0) is 20.1. The fraction of sp³-hybridized carbons (Fsp3) is 0.200. The van der Waals surface area contributed by atoms with Crippen LogP contribution in [-0.2, 0) is 13.0 Å². The monoisotopic (exact) mass is 394 g/mol. The van der Waals surface area contributed by atoms with Crippen molar-refractivity contribution < 1.29 is 0 Å². The van der Waals surface area contributed by atoms with Gasteiger partial charge in [0.1, 0.15) is 11.5 Å². The van der Waals surface area contributed by atoms with Gasteiger partial charge in [-0.15, -0.1) is 0 Å². The van der Waals surface area contributed by atoms with Crippen LogP contribution in [0.2, 0.25) is 0 Å². The molecule has 2 aromatic carbocycles. The summed E-state index contributed by atoms with van der Waals surface area (Å²) in [5.74, 6) is 1.12. The number of nitrogens with zero attached hydrogens (tertiary/aromatic N) is 3. The lowest BCUT2D eigenvalue weighted by Crippen LogP contribution is -2.46. The molecule has 5 heteroatoms. The van der Waals surface area contributed by atoms with E-state index in [9.17, 15) is 4.79 Å². The van der Waals surface area contributed by atoms with Crippen molar-refractivity contribution in [2.24, 2.45) is 5.92 Å². The predicted octanol–water partition coefficient (Wildman–Crippen LogP) is 4.04. The summed E-state index contributed by atoms with van der Waals surface area (Å²) in [7, 11) is 0. The van der Waals surface area contributed by atoms with E-state index in [1.54, 1.807) is 4.40 Å². The first-order chi connectivity index (χ1) is 14.8. The van der Waals surface area contributed by atoms with Gasteiger partial charge in [0, 0.05) is 30.9 Å². The lowest BCUT2D eigenvalue weighted by molar-refractivity contribution is 0.406. The largest absolute Gasteiger partial charge is 0.377 e. The van der Waals surface area contributed by atoms with Gasteiger partial charge < -0.3 is 10.2 Å². The zero-order valence-electron chi connectivity index (χ0n) is 16.5. The highest BCUT2D eigenvalue weighted by atomic mass is 16.1. The molecule has 0 radical (unpaired) electrons. The molecule has 5 nitrogen and oxygen atoms in total. The van der Waals surface area contributed by atoms with Crippen LogP contribution in [0.4, 0.5) is 11.5 Å². The van der Waals surface area contributed by atoms with Crippen molar-refractivity contribution >= 4 is 17.2 Å². The van der Waals surface area contributed by atoms with E-state index in [0.717, 1.165) is 36.6 Å². The van der Waals surface area contributed by atoms with Crippen molar-refractivity contribution in [1.82, 2.24) is 9.38 Å². The van der Waals surface area contributed by atoms with Crippen LogP contribution in [0.1, 0.15) is 22.7 Å². The second kappa shape index (κ2) is 6.73. The second-order valence-electron chi connectivity index (χ2n) is 8.19. The van der Waals surface area contributed by atoms with Crippen LogP contribution in [0.15, 0.2) is 83.8 Å². The minimum absolute atomic E-state index is 0.0234. The molecule has 4 heterocycles. The highest BCUT2D eigenvalue weighted by Crippen LogP contribution is 2.42.